The van der Waals surface area contributed by atoms with Gasteiger partial charge in [0.1, 0.15) is 5.76 Å². The molecule has 0 bridgehead atoms. The lowest BCUT2D eigenvalue weighted by Crippen LogP contribution is -2.28. The van der Waals surface area contributed by atoms with Crippen LogP contribution in [0.3, 0.4) is 0 Å². The van der Waals surface area contributed by atoms with Gasteiger partial charge in [-0.1, -0.05) is 62.6 Å². The number of Topliss-reactive ketones (excluding diaryl/α,β-unsaturated/α-hetero) is 1. The third-order valence-electron chi connectivity index (χ3n) is 5.74. The van der Waals surface area contributed by atoms with Gasteiger partial charge in [-0.25, -0.2) is 0 Å². The first-order chi connectivity index (χ1) is 16.5. The molecular formula is C30H45NO3. The van der Waals surface area contributed by atoms with Gasteiger partial charge in [0.2, 0.25) is 5.91 Å². The minimum Gasteiger partial charge on any atom is -0.453 e. The van der Waals surface area contributed by atoms with Gasteiger partial charge in [0.25, 0.3) is 0 Å². The fourth-order valence-corrected chi connectivity index (χ4v) is 3.61. The van der Waals surface area contributed by atoms with Gasteiger partial charge < -0.3 is 9.32 Å². The van der Waals surface area contributed by atoms with E-state index in [-0.39, 0.29) is 11.7 Å². The zero-order valence-corrected chi connectivity index (χ0v) is 21.9. The summed E-state index contributed by atoms with van der Waals surface area (Å²) in [5.41, 5.74) is 0.741. The Morgan fingerprint density at radius 1 is 0.794 bits per heavy atom. The van der Waals surface area contributed by atoms with Crippen LogP contribution < -0.4 is 0 Å². The zero-order valence-electron chi connectivity index (χ0n) is 21.9. The highest BCUT2D eigenvalue weighted by Gasteiger charge is 2.13. The number of carbonyl (C=O) groups is 2. The second kappa shape index (κ2) is 18.8. The summed E-state index contributed by atoms with van der Waals surface area (Å²) in [4.78, 5) is 26.4. The zero-order chi connectivity index (χ0) is 25.0. The standard InChI is InChI=1S/C30H45NO3/c1-5-8-9-10-11-12-13-14-15-16-17-18-19-20-21-22-27(32)29-24-23-28(34-29)26(4)25-30(33)31(6-2)7-3/h8-9,11-12,14-15,23-25H,5-7,10,13,16-22H2,1-4H3. The first-order valence-electron chi connectivity index (χ1n) is 13.1. The molecule has 0 radical (unpaired) electrons. The van der Waals surface area contributed by atoms with Crippen molar-refractivity contribution in [1.29, 1.82) is 0 Å². The Kier molecular flexibility index (Phi) is 16.2. The number of allylic oxidation sites excluding steroid dienone is 7. The molecule has 0 aromatic carbocycles. The van der Waals surface area contributed by atoms with Crippen LogP contribution in [-0.4, -0.2) is 29.7 Å². The second-order valence-electron chi connectivity index (χ2n) is 8.53. The molecule has 0 aliphatic carbocycles. The van der Waals surface area contributed by atoms with Gasteiger partial charge in [-0.3, -0.25) is 9.59 Å². The average molecular weight is 468 g/mol. The lowest BCUT2D eigenvalue weighted by atomic mass is 10.1. The van der Waals surface area contributed by atoms with Crippen molar-refractivity contribution >= 4 is 17.3 Å². The fourth-order valence-electron chi connectivity index (χ4n) is 3.61. The molecule has 1 heterocycles. The third-order valence-corrected chi connectivity index (χ3v) is 5.74. The monoisotopic (exact) mass is 467 g/mol. The third kappa shape index (κ3) is 12.6. The number of likely N-dealkylation sites (N-methyl/N-ethyl adjacent to an activating group) is 1. The lowest BCUT2D eigenvalue weighted by Gasteiger charge is -2.16. The summed E-state index contributed by atoms with van der Waals surface area (Å²) in [6.07, 6.45) is 25.2. The van der Waals surface area contributed by atoms with Crippen LogP contribution in [0.25, 0.3) is 5.57 Å². The Morgan fingerprint density at radius 2 is 1.38 bits per heavy atom. The minimum atomic E-state index is -0.0328. The highest BCUT2D eigenvalue weighted by molar-refractivity contribution is 5.96. The van der Waals surface area contributed by atoms with Gasteiger partial charge in [0.05, 0.1) is 0 Å². The summed E-state index contributed by atoms with van der Waals surface area (Å²) in [7, 11) is 0. The summed E-state index contributed by atoms with van der Waals surface area (Å²) in [6.45, 7) is 9.25. The van der Waals surface area contributed by atoms with E-state index >= 15 is 0 Å². The van der Waals surface area contributed by atoms with E-state index in [9.17, 15) is 9.59 Å². The molecule has 1 aromatic rings. The van der Waals surface area contributed by atoms with Crippen molar-refractivity contribution < 1.29 is 14.0 Å². The van der Waals surface area contributed by atoms with E-state index < -0.39 is 0 Å². The Labute approximate surface area is 207 Å². The van der Waals surface area contributed by atoms with Crippen LogP contribution in [0, 0.1) is 0 Å². The summed E-state index contributed by atoms with van der Waals surface area (Å²) in [5, 5.41) is 0. The maximum absolute atomic E-state index is 12.4. The largest absolute Gasteiger partial charge is 0.453 e. The molecular weight excluding hydrogens is 422 g/mol. The van der Waals surface area contributed by atoms with Crippen LogP contribution in [0.2, 0.25) is 0 Å². The summed E-state index contributed by atoms with van der Waals surface area (Å²) in [5.74, 6) is 0.976. The number of carbonyl (C=O) groups excluding carboxylic acids is 2. The maximum atomic E-state index is 12.4. The fraction of sp³-hybridized carbons (Fsp3) is 0.533. The topological polar surface area (TPSA) is 50.5 Å². The molecule has 1 rings (SSSR count). The Balaban J connectivity index is 2.20. The van der Waals surface area contributed by atoms with Gasteiger partial charge in [0, 0.05) is 25.6 Å². The number of hydrogen-bond donors (Lipinski definition) is 0. The van der Waals surface area contributed by atoms with Crippen molar-refractivity contribution in [2.45, 2.75) is 91.9 Å². The molecule has 0 aliphatic rings. The Morgan fingerprint density at radius 3 is 2.06 bits per heavy atom. The van der Waals surface area contributed by atoms with Gasteiger partial charge >= 0.3 is 0 Å². The number of furan rings is 1. The molecule has 34 heavy (non-hydrogen) atoms. The number of nitrogens with zero attached hydrogens (tertiary/aromatic N) is 1. The molecule has 1 aromatic heterocycles. The van der Waals surface area contributed by atoms with Crippen LogP contribution in [0.1, 0.15) is 108 Å². The first-order valence-corrected chi connectivity index (χ1v) is 13.1. The predicted molar refractivity (Wildman–Crippen MR) is 144 cm³/mol. The molecule has 188 valence electrons. The molecule has 0 atom stereocenters. The highest BCUT2D eigenvalue weighted by atomic mass is 16.3. The van der Waals surface area contributed by atoms with Gasteiger partial charge in [-0.05, 0) is 77.0 Å². The quantitative estimate of drug-likeness (QED) is 0.0943. The summed E-state index contributed by atoms with van der Waals surface area (Å²) in [6, 6.07) is 3.50. The first kappa shape index (κ1) is 29.4. The number of amides is 1. The maximum Gasteiger partial charge on any atom is 0.246 e. The van der Waals surface area contributed by atoms with Crippen molar-refractivity contribution in [3.63, 3.8) is 0 Å². The van der Waals surface area contributed by atoms with E-state index in [4.69, 9.17) is 4.42 Å². The normalized spacial score (nSPS) is 12.4. The molecule has 0 unspecified atom stereocenters. The number of ketones is 1. The van der Waals surface area contributed by atoms with Crippen molar-refractivity contribution in [2.75, 3.05) is 13.1 Å². The Hall–Kier alpha value is -2.62. The lowest BCUT2D eigenvalue weighted by molar-refractivity contribution is -0.125. The molecule has 0 spiro atoms. The number of hydrogen-bond acceptors (Lipinski definition) is 3. The second-order valence-corrected chi connectivity index (χ2v) is 8.53. The van der Waals surface area contributed by atoms with E-state index in [1.54, 1.807) is 23.1 Å². The predicted octanol–water partition coefficient (Wildman–Crippen LogP) is 8.32. The van der Waals surface area contributed by atoms with Crippen molar-refractivity contribution in [3.05, 3.63) is 66.2 Å². The van der Waals surface area contributed by atoms with Crippen LogP contribution in [0.15, 0.2) is 59.1 Å². The molecule has 4 nitrogen and oxygen atoms in total. The smallest absolute Gasteiger partial charge is 0.246 e. The summed E-state index contributed by atoms with van der Waals surface area (Å²) < 4.78 is 5.73. The van der Waals surface area contributed by atoms with E-state index in [1.165, 1.54) is 12.8 Å². The average Bonchev–Trinajstić information content (AvgIpc) is 3.33. The van der Waals surface area contributed by atoms with Crippen molar-refractivity contribution in [3.8, 4) is 0 Å². The molecule has 4 heteroatoms. The number of rotatable bonds is 18. The van der Waals surface area contributed by atoms with E-state index in [1.807, 2.05) is 20.8 Å². The van der Waals surface area contributed by atoms with E-state index in [0.29, 0.717) is 31.0 Å². The van der Waals surface area contributed by atoms with Gasteiger partial charge in [-0.2, -0.15) is 0 Å². The van der Waals surface area contributed by atoms with Gasteiger partial charge in [0.15, 0.2) is 11.5 Å². The SMILES string of the molecule is CCC=CCC=CCC=CCCCCCCCC(=O)c1ccc(C(C)=CC(=O)N(CC)CC)o1. The highest BCUT2D eigenvalue weighted by Crippen LogP contribution is 2.20. The minimum absolute atomic E-state index is 0.0328. The van der Waals surface area contributed by atoms with Crippen LogP contribution in [-0.2, 0) is 4.79 Å². The molecule has 0 N–H and O–H groups in total. The van der Waals surface area contributed by atoms with E-state index in [2.05, 4.69) is 43.4 Å². The van der Waals surface area contributed by atoms with Gasteiger partial charge in [-0.15, -0.1) is 0 Å². The van der Waals surface area contributed by atoms with E-state index in [0.717, 1.165) is 50.5 Å². The molecule has 0 saturated heterocycles. The van der Waals surface area contributed by atoms with Crippen LogP contribution in [0.4, 0.5) is 0 Å². The molecule has 0 fully saturated rings. The van der Waals surface area contributed by atoms with Crippen LogP contribution in [0.5, 0.6) is 0 Å². The molecule has 0 saturated carbocycles. The number of unbranched alkanes of at least 4 members (excludes halogenated alkanes) is 5. The molecule has 0 aliphatic heterocycles. The Bertz CT molecular complexity index is 822. The molecule has 1 amide bonds. The summed E-state index contributed by atoms with van der Waals surface area (Å²) >= 11 is 0. The van der Waals surface area contributed by atoms with Crippen molar-refractivity contribution in [1.82, 2.24) is 4.90 Å². The van der Waals surface area contributed by atoms with Crippen LogP contribution >= 0.6 is 0 Å². The van der Waals surface area contributed by atoms with Crippen molar-refractivity contribution in [2.24, 2.45) is 0 Å².